The fraction of sp³-hybridized carbons (Fsp3) is 0.724. The maximum absolute atomic E-state index is 14.0. The molecule has 1 aromatic rings. The Hall–Kier alpha value is -2.16. The summed E-state index contributed by atoms with van der Waals surface area (Å²) in [7, 11) is 0. The van der Waals surface area contributed by atoms with Crippen LogP contribution in [-0.2, 0) is 19.7 Å². The number of amides is 2. The van der Waals surface area contributed by atoms with Gasteiger partial charge in [0.15, 0.2) is 0 Å². The van der Waals surface area contributed by atoms with Crippen molar-refractivity contribution < 1.29 is 19.1 Å². The van der Waals surface area contributed by atoms with Crippen LogP contribution in [0.3, 0.4) is 0 Å². The molecule has 6 unspecified atom stereocenters. The summed E-state index contributed by atoms with van der Waals surface area (Å²) in [5.74, 6) is 2.08. The minimum atomic E-state index is -0.0365. The summed E-state index contributed by atoms with van der Waals surface area (Å²) in [5, 5.41) is 5.76. The van der Waals surface area contributed by atoms with E-state index in [2.05, 4.69) is 45.8 Å². The van der Waals surface area contributed by atoms with Crippen LogP contribution in [0.5, 0.6) is 5.75 Å². The van der Waals surface area contributed by atoms with E-state index in [0.29, 0.717) is 24.4 Å². The normalized spacial score (nSPS) is 37.4. The summed E-state index contributed by atoms with van der Waals surface area (Å²) in [6.45, 7) is 6.81. The molecular weight excluding hydrogens is 468 g/mol. The van der Waals surface area contributed by atoms with Gasteiger partial charge in [0, 0.05) is 67.9 Å². The molecule has 200 valence electrons. The number of carbonyl (C=O) groups is 2. The van der Waals surface area contributed by atoms with Crippen LogP contribution in [-0.4, -0.2) is 79.3 Å². The van der Waals surface area contributed by atoms with Crippen molar-refractivity contribution in [1.82, 2.24) is 20.7 Å². The first-order valence-corrected chi connectivity index (χ1v) is 14.5. The van der Waals surface area contributed by atoms with E-state index in [9.17, 15) is 9.59 Å². The standard InChI is InChI=1S/C29H40N4O4/c1-18-14-24-21(26-22(27(34)31-24)16-30-33(26)19-6-12-36-13-7-19)15-20(18)28(35)32-10-8-29(9-11-32)17-37-25-5-3-2-4-23(25)29/h2-5,18-22,24,26,30H,6-17H2,1H3,(H,31,34). The van der Waals surface area contributed by atoms with Crippen molar-refractivity contribution >= 4 is 11.8 Å². The van der Waals surface area contributed by atoms with Crippen LogP contribution in [0.4, 0.5) is 0 Å². The molecular formula is C29H40N4O4. The molecule has 2 N–H and O–H groups in total. The number of hydrazine groups is 1. The Balaban J connectivity index is 1.07. The van der Waals surface area contributed by atoms with Gasteiger partial charge in [-0.15, -0.1) is 0 Å². The fourth-order valence-electron chi connectivity index (χ4n) is 8.45. The lowest BCUT2D eigenvalue weighted by molar-refractivity contribution is -0.144. The van der Waals surface area contributed by atoms with Crippen LogP contribution in [0.25, 0.3) is 0 Å². The van der Waals surface area contributed by atoms with Crippen LogP contribution in [0.2, 0.25) is 0 Å². The van der Waals surface area contributed by atoms with Crippen molar-refractivity contribution in [2.24, 2.45) is 23.7 Å². The summed E-state index contributed by atoms with van der Waals surface area (Å²) >= 11 is 0. The molecule has 5 fully saturated rings. The summed E-state index contributed by atoms with van der Waals surface area (Å²) in [5.41, 5.74) is 4.97. The van der Waals surface area contributed by atoms with Crippen LogP contribution >= 0.6 is 0 Å². The molecule has 1 spiro atoms. The lowest BCUT2D eigenvalue weighted by atomic mass is 9.65. The van der Waals surface area contributed by atoms with E-state index in [1.807, 2.05) is 6.07 Å². The summed E-state index contributed by atoms with van der Waals surface area (Å²) in [6.07, 6.45) is 5.67. The zero-order valence-corrected chi connectivity index (χ0v) is 21.9. The van der Waals surface area contributed by atoms with Gasteiger partial charge in [-0.25, -0.2) is 5.01 Å². The average Bonchev–Trinajstić information content (AvgIpc) is 3.53. The SMILES string of the molecule is CC1CC2NC(=O)C3CNN(C4CCOCC4)C3C2CC1C(=O)N1CCC2(CC1)COc1ccccc12. The van der Waals surface area contributed by atoms with E-state index in [-0.39, 0.29) is 41.2 Å². The molecule has 6 atom stereocenters. The van der Waals surface area contributed by atoms with Gasteiger partial charge in [0.05, 0.1) is 12.5 Å². The zero-order chi connectivity index (χ0) is 25.1. The van der Waals surface area contributed by atoms with Gasteiger partial charge in [0.25, 0.3) is 0 Å². The van der Waals surface area contributed by atoms with Crippen molar-refractivity contribution in [3.63, 3.8) is 0 Å². The number of piperidine rings is 2. The number of para-hydroxylation sites is 1. The highest BCUT2D eigenvalue weighted by Gasteiger charge is 2.55. The van der Waals surface area contributed by atoms with Crippen molar-refractivity contribution in [2.45, 2.75) is 69.0 Å². The molecule has 0 bridgehead atoms. The number of fused-ring (bicyclic) bond motifs is 5. The summed E-state index contributed by atoms with van der Waals surface area (Å²) in [4.78, 5) is 29.2. The second kappa shape index (κ2) is 9.24. The van der Waals surface area contributed by atoms with Crippen LogP contribution in [0.1, 0.15) is 51.0 Å². The molecule has 2 amide bonds. The molecule has 7 rings (SSSR count). The quantitative estimate of drug-likeness (QED) is 0.637. The highest BCUT2D eigenvalue weighted by Crippen LogP contribution is 2.47. The lowest BCUT2D eigenvalue weighted by Gasteiger charge is -2.51. The topological polar surface area (TPSA) is 83.1 Å². The van der Waals surface area contributed by atoms with Gasteiger partial charge < -0.3 is 19.7 Å². The van der Waals surface area contributed by atoms with Crippen molar-refractivity contribution in [3.8, 4) is 5.75 Å². The molecule has 5 aliphatic heterocycles. The van der Waals surface area contributed by atoms with E-state index in [4.69, 9.17) is 9.47 Å². The predicted molar refractivity (Wildman–Crippen MR) is 138 cm³/mol. The molecule has 8 nitrogen and oxygen atoms in total. The van der Waals surface area contributed by atoms with E-state index >= 15 is 0 Å². The van der Waals surface area contributed by atoms with Crippen LogP contribution in [0, 0.1) is 23.7 Å². The van der Waals surface area contributed by atoms with Gasteiger partial charge in [0.1, 0.15) is 5.75 Å². The van der Waals surface area contributed by atoms with Gasteiger partial charge in [-0.05, 0) is 56.4 Å². The Labute approximate surface area is 219 Å². The first-order chi connectivity index (χ1) is 18.0. The Morgan fingerprint density at radius 1 is 1.11 bits per heavy atom. The number of hydrogen-bond acceptors (Lipinski definition) is 6. The molecule has 6 aliphatic rings. The number of hydrogen-bond donors (Lipinski definition) is 2. The Kier molecular flexibility index (Phi) is 5.97. The molecule has 1 aliphatic carbocycles. The number of nitrogens with one attached hydrogen (secondary N) is 2. The van der Waals surface area contributed by atoms with Crippen LogP contribution in [0.15, 0.2) is 24.3 Å². The first kappa shape index (κ1) is 23.9. The summed E-state index contributed by atoms with van der Waals surface area (Å²) in [6, 6.07) is 9.14. The van der Waals surface area contributed by atoms with E-state index in [1.54, 1.807) is 0 Å². The monoisotopic (exact) mass is 508 g/mol. The highest BCUT2D eigenvalue weighted by molar-refractivity contribution is 5.82. The van der Waals surface area contributed by atoms with E-state index in [0.717, 1.165) is 77.2 Å². The highest BCUT2D eigenvalue weighted by atomic mass is 16.5. The minimum Gasteiger partial charge on any atom is -0.492 e. The van der Waals surface area contributed by atoms with Gasteiger partial charge in [-0.3, -0.25) is 15.0 Å². The number of benzene rings is 1. The first-order valence-electron chi connectivity index (χ1n) is 14.5. The number of likely N-dealkylation sites (tertiary alicyclic amines) is 1. The average molecular weight is 509 g/mol. The van der Waals surface area contributed by atoms with Gasteiger partial charge in [-0.1, -0.05) is 25.1 Å². The third-order valence-electron chi connectivity index (χ3n) is 10.6. The third-order valence-corrected chi connectivity index (χ3v) is 10.6. The number of nitrogens with zero attached hydrogens (tertiary/aromatic N) is 2. The number of rotatable bonds is 2. The van der Waals surface area contributed by atoms with Crippen molar-refractivity contribution in [2.75, 3.05) is 39.5 Å². The molecule has 0 aromatic heterocycles. The van der Waals surface area contributed by atoms with Gasteiger partial charge in [0.2, 0.25) is 11.8 Å². The second-order valence-electron chi connectivity index (χ2n) is 12.4. The van der Waals surface area contributed by atoms with Crippen molar-refractivity contribution in [1.29, 1.82) is 0 Å². The molecule has 8 heteroatoms. The van der Waals surface area contributed by atoms with Gasteiger partial charge >= 0.3 is 0 Å². The van der Waals surface area contributed by atoms with Crippen LogP contribution < -0.4 is 15.5 Å². The predicted octanol–water partition coefficient (Wildman–Crippen LogP) is 2.08. The molecule has 5 heterocycles. The third kappa shape index (κ3) is 3.90. The number of carbonyl (C=O) groups excluding carboxylic acids is 2. The zero-order valence-electron chi connectivity index (χ0n) is 21.9. The maximum Gasteiger partial charge on any atom is 0.226 e. The maximum atomic E-state index is 14.0. The molecule has 0 radical (unpaired) electrons. The molecule has 37 heavy (non-hydrogen) atoms. The minimum absolute atomic E-state index is 0.0233. The Bertz CT molecular complexity index is 1050. The largest absolute Gasteiger partial charge is 0.492 e. The van der Waals surface area contributed by atoms with E-state index < -0.39 is 0 Å². The molecule has 1 aromatic carbocycles. The molecule has 1 saturated carbocycles. The summed E-state index contributed by atoms with van der Waals surface area (Å²) < 4.78 is 11.6. The smallest absolute Gasteiger partial charge is 0.226 e. The second-order valence-corrected chi connectivity index (χ2v) is 12.4. The fourth-order valence-corrected chi connectivity index (χ4v) is 8.45. The lowest BCUT2D eigenvalue weighted by Crippen LogP contribution is -2.64. The molecule has 4 saturated heterocycles. The Morgan fingerprint density at radius 3 is 2.70 bits per heavy atom. The van der Waals surface area contributed by atoms with Crippen molar-refractivity contribution in [3.05, 3.63) is 29.8 Å². The van der Waals surface area contributed by atoms with E-state index in [1.165, 1.54) is 5.56 Å². The Morgan fingerprint density at radius 2 is 1.89 bits per heavy atom. The number of ether oxygens (including phenoxy) is 2. The van der Waals surface area contributed by atoms with Gasteiger partial charge in [-0.2, -0.15) is 0 Å².